The molecule has 0 radical (unpaired) electrons. The van der Waals surface area contributed by atoms with E-state index < -0.39 is 0 Å². The topological polar surface area (TPSA) is 26.3 Å². The molecule has 0 aliphatic heterocycles. The molecule has 2 fully saturated rings. The van der Waals surface area contributed by atoms with Gasteiger partial charge in [0.05, 0.1) is 0 Å². The van der Waals surface area contributed by atoms with Crippen molar-refractivity contribution in [1.29, 1.82) is 0 Å². The van der Waals surface area contributed by atoms with Crippen molar-refractivity contribution in [2.45, 2.75) is 60.0 Å². The van der Waals surface area contributed by atoms with E-state index in [-0.39, 0.29) is 12.1 Å². The summed E-state index contributed by atoms with van der Waals surface area (Å²) in [5, 5.41) is 0. The van der Waals surface area contributed by atoms with E-state index in [1.807, 2.05) is 0 Å². The molecule has 2 saturated carbocycles. The lowest BCUT2D eigenvalue weighted by Gasteiger charge is -2.47. The molecule has 106 valence electrons. The first kappa shape index (κ1) is 13.2. The molecule has 3 aliphatic carbocycles. The smallest absolute Gasteiger partial charge is 0.302 e. The molecule has 2 nitrogen and oxygen atoms in total. The molecule has 3 aliphatic rings. The normalized spacial score (nSPS) is 46.7. The lowest BCUT2D eigenvalue weighted by molar-refractivity contribution is -0.152. The van der Waals surface area contributed by atoms with Gasteiger partial charge in [-0.2, -0.15) is 0 Å². The van der Waals surface area contributed by atoms with Gasteiger partial charge in [0.2, 0.25) is 0 Å². The summed E-state index contributed by atoms with van der Waals surface area (Å²) in [6.07, 6.45) is 6.05. The quantitative estimate of drug-likeness (QED) is 0.528. The lowest BCUT2D eigenvalue weighted by atomic mass is 9.59. The van der Waals surface area contributed by atoms with Crippen LogP contribution in [0.1, 0.15) is 53.9 Å². The Hall–Kier alpha value is -0.790. The molecular weight excluding hydrogens is 236 g/mol. The Morgan fingerprint density at radius 1 is 1.32 bits per heavy atom. The van der Waals surface area contributed by atoms with Crippen molar-refractivity contribution < 1.29 is 9.53 Å². The maximum absolute atomic E-state index is 11.4. The minimum absolute atomic E-state index is 0.114. The zero-order valence-corrected chi connectivity index (χ0v) is 12.8. The van der Waals surface area contributed by atoms with Gasteiger partial charge in [0, 0.05) is 12.8 Å². The molecule has 3 rings (SSSR count). The third-order valence-electron chi connectivity index (χ3n) is 6.16. The average molecular weight is 262 g/mol. The van der Waals surface area contributed by atoms with Crippen LogP contribution < -0.4 is 0 Å². The van der Waals surface area contributed by atoms with Crippen LogP contribution in [-0.2, 0) is 9.53 Å². The minimum atomic E-state index is -0.114. The average Bonchev–Trinajstić information content (AvgIpc) is 2.80. The highest BCUT2D eigenvalue weighted by atomic mass is 16.5. The molecule has 0 spiro atoms. The second-order valence-corrected chi connectivity index (χ2v) is 7.84. The number of ether oxygens (including phenoxy) is 1. The van der Waals surface area contributed by atoms with E-state index in [1.165, 1.54) is 12.8 Å². The molecule has 5 atom stereocenters. The molecular formula is C17H26O2. The Labute approximate surface area is 116 Å². The molecule has 0 bridgehead atoms. The summed E-state index contributed by atoms with van der Waals surface area (Å²) in [6.45, 7) is 11.0. The van der Waals surface area contributed by atoms with Gasteiger partial charge in [-0.3, -0.25) is 4.79 Å². The maximum atomic E-state index is 11.4. The molecule has 0 aromatic carbocycles. The van der Waals surface area contributed by atoms with Crippen molar-refractivity contribution in [2.75, 3.05) is 0 Å². The first-order valence-corrected chi connectivity index (χ1v) is 7.61. The van der Waals surface area contributed by atoms with Gasteiger partial charge >= 0.3 is 5.97 Å². The van der Waals surface area contributed by atoms with Gasteiger partial charge in [-0.05, 0) is 48.9 Å². The molecule has 0 unspecified atom stereocenters. The van der Waals surface area contributed by atoms with E-state index in [0.29, 0.717) is 28.6 Å². The van der Waals surface area contributed by atoms with Crippen molar-refractivity contribution in [2.24, 2.45) is 28.6 Å². The minimum Gasteiger partial charge on any atom is -0.462 e. The highest BCUT2D eigenvalue weighted by molar-refractivity contribution is 5.66. The molecule has 0 amide bonds. The van der Waals surface area contributed by atoms with Crippen LogP contribution in [-0.4, -0.2) is 12.1 Å². The van der Waals surface area contributed by atoms with Crippen LogP contribution in [0.15, 0.2) is 11.6 Å². The fourth-order valence-electron chi connectivity index (χ4n) is 5.39. The zero-order valence-electron chi connectivity index (χ0n) is 12.8. The summed E-state index contributed by atoms with van der Waals surface area (Å²) in [6, 6.07) is 0. The van der Waals surface area contributed by atoms with Gasteiger partial charge in [-0.1, -0.05) is 32.4 Å². The first-order valence-electron chi connectivity index (χ1n) is 7.61. The second kappa shape index (κ2) is 3.86. The number of allylic oxidation sites excluding steroid dienone is 2. The monoisotopic (exact) mass is 262 g/mol. The summed E-state index contributed by atoms with van der Waals surface area (Å²) >= 11 is 0. The molecule has 2 heteroatoms. The van der Waals surface area contributed by atoms with Gasteiger partial charge < -0.3 is 4.74 Å². The summed E-state index contributed by atoms with van der Waals surface area (Å²) in [5.41, 5.74) is 2.23. The Morgan fingerprint density at radius 3 is 2.63 bits per heavy atom. The third kappa shape index (κ3) is 1.79. The largest absolute Gasteiger partial charge is 0.462 e. The van der Waals surface area contributed by atoms with Crippen LogP contribution in [0.4, 0.5) is 0 Å². The lowest BCUT2D eigenvalue weighted by Crippen LogP contribution is -2.42. The van der Waals surface area contributed by atoms with Gasteiger partial charge in [0.25, 0.3) is 0 Å². The van der Waals surface area contributed by atoms with Crippen LogP contribution in [0, 0.1) is 28.6 Å². The Morgan fingerprint density at radius 2 is 2.00 bits per heavy atom. The fraction of sp³-hybridized carbons (Fsp3) is 0.824. The van der Waals surface area contributed by atoms with E-state index in [0.717, 1.165) is 6.42 Å². The summed E-state index contributed by atoms with van der Waals surface area (Å²) < 4.78 is 5.67. The van der Waals surface area contributed by atoms with Gasteiger partial charge in [0.1, 0.15) is 6.10 Å². The van der Waals surface area contributed by atoms with Crippen LogP contribution in [0.5, 0.6) is 0 Å². The molecule has 0 aromatic heterocycles. The SMILES string of the molecule is CC(=O)O[C@H]1C[C@@]2(C)CCC=C(C)[C@@H]2[C@H]2[C@@H]1C2(C)C. The number of fused-ring (bicyclic) bond motifs is 3. The Bertz CT molecular complexity index is 448. The van der Waals surface area contributed by atoms with E-state index in [9.17, 15) is 4.79 Å². The van der Waals surface area contributed by atoms with E-state index in [2.05, 4.69) is 33.8 Å². The Kier molecular flexibility index (Phi) is 2.69. The number of rotatable bonds is 1. The molecule has 0 saturated heterocycles. The number of hydrogen-bond donors (Lipinski definition) is 0. The van der Waals surface area contributed by atoms with Crippen LogP contribution in [0.25, 0.3) is 0 Å². The second-order valence-electron chi connectivity index (χ2n) is 7.84. The van der Waals surface area contributed by atoms with Crippen molar-refractivity contribution >= 4 is 5.97 Å². The van der Waals surface area contributed by atoms with Crippen LogP contribution >= 0.6 is 0 Å². The molecule has 0 aromatic rings. The standard InChI is InChI=1S/C17H26O2/c1-10-7-6-8-17(5)9-12(19-11(2)18)14-15(13(10)17)16(14,3)4/h7,12-15H,6,8-9H2,1-5H3/t12-,13+,14+,15-,17+/m0/s1. The zero-order chi connectivity index (χ0) is 14.0. The van der Waals surface area contributed by atoms with Gasteiger partial charge in [-0.15, -0.1) is 0 Å². The predicted molar refractivity (Wildman–Crippen MR) is 75.5 cm³/mol. The highest BCUT2D eigenvalue weighted by Gasteiger charge is 2.71. The number of carbonyl (C=O) groups is 1. The summed E-state index contributed by atoms with van der Waals surface area (Å²) in [4.78, 5) is 11.4. The van der Waals surface area contributed by atoms with Crippen molar-refractivity contribution in [3.8, 4) is 0 Å². The van der Waals surface area contributed by atoms with Gasteiger partial charge in [0.15, 0.2) is 0 Å². The van der Waals surface area contributed by atoms with Crippen molar-refractivity contribution in [1.82, 2.24) is 0 Å². The van der Waals surface area contributed by atoms with Gasteiger partial charge in [-0.25, -0.2) is 0 Å². The molecule has 19 heavy (non-hydrogen) atoms. The first-order chi connectivity index (χ1) is 8.77. The maximum Gasteiger partial charge on any atom is 0.302 e. The summed E-state index contributed by atoms with van der Waals surface area (Å²) in [7, 11) is 0. The van der Waals surface area contributed by atoms with Crippen molar-refractivity contribution in [3.63, 3.8) is 0 Å². The molecule has 0 N–H and O–H groups in total. The van der Waals surface area contributed by atoms with E-state index in [1.54, 1.807) is 12.5 Å². The Balaban J connectivity index is 1.94. The number of carbonyl (C=O) groups excluding carboxylic acids is 1. The van der Waals surface area contributed by atoms with Crippen molar-refractivity contribution in [3.05, 3.63) is 11.6 Å². The number of esters is 1. The third-order valence-corrected chi connectivity index (χ3v) is 6.16. The molecule has 0 heterocycles. The number of hydrogen-bond acceptors (Lipinski definition) is 2. The van der Waals surface area contributed by atoms with E-state index >= 15 is 0 Å². The fourth-order valence-corrected chi connectivity index (χ4v) is 5.39. The van der Waals surface area contributed by atoms with Crippen LogP contribution in [0.3, 0.4) is 0 Å². The predicted octanol–water partition coefficient (Wildman–Crippen LogP) is 3.96. The highest BCUT2D eigenvalue weighted by Crippen LogP contribution is 2.73. The van der Waals surface area contributed by atoms with Crippen LogP contribution in [0.2, 0.25) is 0 Å². The summed E-state index contributed by atoms with van der Waals surface area (Å²) in [5.74, 6) is 1.85. The van der Waals surface area contributed by atoms with E-state index in [4.69, 9.17) is 4.74 Å².